The molecule has 0 spiro atoms. The van der Waals surface area contributed by atoms with E-state index < -0.39 is 5.91 Å². The van der Waals surface area contributed by atoms with E-state index in [2.05, 4.69) is 20.6 Å². The van der Waals surface area contributed by atoms with Crippen LogP contribution in [-0.4, -0.2) is 40.2 Å². The predicted octanol–water partition coefficient (Wildman–Crippen LogP) is -0.241. The largest absolute Gasteiger partial charge is 0.351 e. The van der Waals surface area contributed by atoms with Crippen LogP contribution in [0.15, 0.2) is 12.4 Å². The Labute approximate surface area is 98.6 Å². The molecule has 0 unspecified atom stereocenters. The van der Waals surface area contributed by atoms with Crippen LogP contribution in [0.5, 0.6) is 0 Å². The van der Waals surface area contributed by atoms with Crippen molar-refractivity contribution in [3.8, 4) is 0 Å². The smallest absolute Gasteiger partial charge is 0.277 e. The SMILES string of the molecule is O=C(NO)c1cnc(NC2CCNCC2)nc1. The Kier molecular flexibility index (Phi) is 3.84. The molecule has 0 atom stereocenters. The molecule has 2 rings (SSSR count). The highest BCUT2D eigenvalue weighted by Crippen LogP contribution is 2.08. The maximum Gasteiger partial charge on any atom is 0.277 e. The molecule has 7 heteroatoms. The van der Waals surface area contributed by atoms with Gasteiger partial charge in [0, 0.05) is 18.4 Å². The monoisotopic (exact) mass is 237 g/mol. The minimum atomic E-state index is -0.613. The van der Waals surface area contributed by atoms with Gasteiger partial charge in [0.05, 0.1) is 5.56 Å². The minimum absolute atomic E-state index is 0.225. The fourth-order valence-electron chi connectivity index (χ4n) is 1.73. The Morgan fingerprint density at radius 2 is 2.00 bits per heavy atom. The van der Waals surface area contributed by atoms with E-state index in [-0.39, 0.29) is 5.56 Å². The molecule has 1 amide bonds. The summed E-state index contributed by atoms with van der Waals surface area (Å²) in [6.45, 7) is 1.98. The molecule has 2 heterocycles. The molecule has 1 aromatic heterocycles. The second-order valence-electron chi connectivity index (χ2n) is 3.90. The van der Waals surface area contributed by atoms with Crippen molar-refractivity contribution in [2.24, 2.45) is 0 Å². The molecule has 0 bridgehead atoms. The highest BCUT2D eigenvalue weighted by molar-refractivity contribution is 5.92. The quantitative estimate of drug-likeness (QED) is 0.428. The predicted molar refractivity (Wildman–Crippen MR) is 60.8 cm³/mol. The molecule has 0 aliphatic carbocycles. The Morgan fingerprint density at radius 1 is 1.35 bits per heavy atom. The minimum Gasteiger partial charge on any atom is -0.351 e. The van der Waals surface area contributed by atoms with Gasteiger partial charge in [-0.2, -0.15) is 0 Å². The van der Waals surface area contributed by atoms with E-state index in [1.807, 2.05) is 0 Å². The Balaban J connectivity index is 1.95. The van der Waals surface area contributed by atoms with Gasteiger partial charge in [0.2, 0.25) is 5.95 Å². The van der Waals surface area contributed by atoms with Gasteiger partial charge >= 0.3 is 0 Å². The summed E-state index contributed by atoms with van der Waals surface area (Å²) in [5.74, 6) is -0.107. The lowest BCUT2D eigenvalue weighted by molar-refractivity contribution is 0.0705. The van der Waals surface area contributed by atoms with Crippen LogP contribution >= 0.6 is 0 Å². The number of amides is 1. The van der Waals surface area contributed by atoms with Gasteiger partial charge < -0.3 is 10.6 Å². The van der Waals surface area contributed by atoms with Crippen LogP contribution in [0, 0.1) is 0 Å². The standard InChI is InChI=1S/C10H15N5O2/c16-9(15-17)7-5-12-10(13-6-7)14-8-1-3-11-4-2-8/h5-6,8,11,17H,1-4H2,(H,15,16)(H,12,13,14). The maximum atomic E-state index is 11.0. The van der Waals surface area contributed by atoms with Crippen molar-refractivity contribution in [3.05, 3.63) is 18.0 Å². The Morgan fingerprint density at radius 3 is 2.59 bits per heavy atom. The van der Waals surface area contributed by atoms with E-state index in [0.29, 0.717) is 12.0 Å². The van der Waals surface area contributed by atoms with Crippen LogP contribution in [0.3, 0.4) is 0 Å². The van der Waals surface area contributed by atoms with Crippen LogP contribution in [-0.2, 0) is 0 Å². The summed E-state index contributed by atoms with van der Waals surface area (Å²) < 4.78 is 0. The van der Waals surface area contributed by atoms with Gasteiger partial charge in [-0.25, -0.2) is 15.4 Å². The molecule has 1 aliphatic heterocycles. The zero-order valence-electron chi connectivity index (χ0n) is 9.31. The normalized spacial score (nSPS) is 16.5. The summed E-state index contributed by atoms with van der Waals surface area (Å²) >= 11 is 0. The molecule has 0 saturated carbocycles. The van der Waals surface area contributed by atoms with Crippen LogP contribution in [0.25, 0.3) is 0 Å². The van der Waals surface area contributed by atoms with Gasteiger partial charge in [0.1, 0.15) is 0 Å². The molecule has 1 fully saturated rings. The lowest BCUT2D eigenvalue weighted by atomic mass is 10.1. The molecule has 4 N–H and O–H groups in total. The zero-order valence-corrected chi connectivity index (χ0v) is 9.31. The first kappa shape index (κ1) is 11.7. The van der Waals surface area contributed by atoms with E-state index in [1.165, 1.54) is 17.9 Å². The van der Waals surface area contributed by atoms with Crippen molar-refractivity contribution in [1.29, 1.82) is 0 Å². The Hall–Kier alpha value is -1.73. The topological polar surface area (TPSA) is 99.2 Å². The summed E-state index contributed by atoms with van der Waals surface area (Å²) in [6, 6.07) is 0.369. The van der Waals surface area contributed by atoms with Crippen molar-refractivity contribution in [1.82, 2.24) is 20.8 Å². The van der Waals surface area contributed by atoms with Gasteiger partial charge in [0.25, 0.3) is 5.91 Å². The number of hydrogen-bond acceptors (Lipinski definition) is 6. The summed E-state index contributed by atoms with van der Waals surface area (Å²) in [6.07, 6.45) is 4.81. The highest BCUT2D eigenvalue weighted by Gasteiger charge is 2.13. The van der Waals surface area contributed by atoms with Crippen molar-refractivity contribution in [3.63, 3.8) is 0 Å². The third-order valence-corrected chi connectivity index (χ3v) is 2.69. The number of carbonyl (C=O) groups is 1. The number of hydrogen-bond donors (Lipinski definition) is 4. The number of aromatic nitrogens is 2. The lowest BCUT2D eigenvalue weighted by Crippen LogP contribution is -2.35. The lowest BCUT2D eigenvalue weighted by Gasteiger charge is -2.23. The molecule has 1 aliphatic rings. The van der Waals surface area contributed by atoms with Crippen LogP contribution in [0.4, 0.5) is 5.95 Å². The first-order valence-corrected chi connectivity index (χ1v) is 5.53. The van der Waals surface area contributed by atoms with Gasteiger partial charge in [-0.3, -0.25) is 10.0 Å². The van der Waals surface area contributed by atoms with Gasteiger partial charge in [-0.05, 0) is 25.9 Å². The average Bonchev–Trinajstić information content (AvgIpc) is 2.40. The number of nitrogens with zero attached hydrogens (tertiary/aromatic N) is 2. The fourth-order valence-corrected chi connectivity index (χ4v) is 1.73. The van der Waals surface area contributed by atoms with E-state index in [9.17, 15) is 4.79 Å². The number of rotatable bonds is 3. The van der Waals surface area contributed by atoms with Crippen molar-refractivity contribution < 1.29 is 10.0 Å². The van der Waals surface area contributed by atoms with E-state index >= 15 is 0 Å². The molecule has 1 aromatic rings. The summed E-state index contributed by atoms with van der Waals surface area (Å²) in [5, 5.41) is 14.9. The van der Waals surface area contributed by atoms with Crippen molar-refractivity contribution >= 4 is 11.9 Å². The molecule has 1 saturated heterocycles. The second-order valence-corrected chi connectivity index (χ2v) is 3.90. The number of carbonyl (C=O) groups excluding carboxylic acids is 1. The van der Waals surface area contributed by atoms with Crippen LogP contribution in [0.2, 0.25) is 0 Å². The third kappa shape index (κ3) is 3.11. The van der Waals surface area contributed by atoms with Gasteiger partial charge in [-0.1, -0.05) is 0 Å². The average molecular weight is 237 g/mol. The maximum absolute atomic E-state index is 11.0. The third-order valence-electron chi connectivity index (χ3n) is 2.69. The second kappa shape index (κ2) is 5.55. The first-order valence-electron chi connectivity index (χ1n) is 5.53. The first-order chi connectivity index (χ1) is 8.29. The number of anilines is 1. The molecule has 92 valence electrons. The van der Waals surface area contributed by atoms with Crippen molar-refractivity contribution in [2.75, 3.05) is 18.4 Å². The number of piperidine rings is 1. The van der Waals surface area contributed by atoms with E-state index in [1.54, 1.807) is 0 Å². The van der Waals surface area contributed by atoms with E-state index in [0.717, 1.165) is 25.9 Å². The summed E-state index contributed by atoms with van der Waals surface area (Å²) in [4.78, 5) is 19.1. The summed E-state index contributed by atoms with van der Waals surface area (Å²) in [5.41, 5.74) is 1.76. The zero-order chi connectivity index (χ0) is 12.1. The molecule has 7 nitrogen and oxygen atoms in total. The molecule has 17 heavy (non-hydrogen) atoms. The van der Waals surface area contributed by atoms with Gasteiger partial charge in [-0.15, -0.1) is 0 Å². The number of hydroxylamine groups is 1. The number of nitrogens with one attached hydrogen (secondary N) is 3. The molecular formula is C10H15N5O2. The van der Waals surface area contributed by atoms with Crippen molar-refractivity contribution in [2.45, 2.75) is 18.9 Å². The summed E-state index contributed by atoms with van der Waals surface area (Å²) in [7, 11) is 0. The Bertz CT molecular complexity index is 375. The molecular weight excluding hydrogens is 222 g/mol. The molecule has 0 aromatic carbocycles. The fraction of sp³-hybridized carbons (Fsp3) is 0.500. The van der Waals surface area contributed by atoms with E-state index in [4.69, 9.17) is 5.21 Å². The van der Waals surface area contributed by atoms with Crippen LogP contribution < -0.4 is 16.1 Å². The highest BCUT2D eigenvalue weighted by atomic mass is 16.5. The van der Waals surface area contributed by atoms with Gasteiger partial charge in [0.15, 0.2) is 0 Å². The van der Waals surface area contributed by atoms with Crippen LogP contribution in [0.1, 0.15) is 23.2 Å². The molecule has 0 radical (unpaired) electrons.